The molecule has 7 nitrogen and oxygen atoms in total. The number of rotatable bonds is 4. The summed E-state index contributed by atoms with van der Waals surface area (Å²) in [7, 11) is 0. The maximum Gasteiger partial charge on any atom is 0.319 e. The van der Waals surface area contributed by atoms with Gasteiger partial charge in [-0.3, -0.25) is 9.59 Å². The normalized spacial score (nSPS) is 16.1. The molecule has 3 rings (SSSR count). The summed E-state index contributed by atoms with van der Waals surface area (Å²) in [4.78, 5) is 37.0. The fraction of sp³-hybridized carbons (Fsp3) is 0.211. The highest BCUT2D eigenvalue weighted by atomic mass is 35.5. The highest BCUT2D eigenvalue weighted by Gasteiger charge is 2.31. The van der Waals surface area contributed by atoms with E-state index < -0.39 is 6.03 Å². The Balaban J connectivity index is 1.54. The number of benzene rings is 2. The second kappa shape index (κ2) is 8.09. The van der Waals surface area contributed by atoms with Crippen molar-refractivity contribution in [1.29, 1.82) is 0 Å². The van der Waals surface area contributed by atoms with Crippen LogP contribution in [0.1, 0.15) is 13.3 Å². The number of hydrogen-bond acceptors (Lipinski definition) is 3. The first kappa shape index (κ1) is 18.7. The Bertz CT molecular complexity index is 852. The van der Waals surface area contributed by atoms with Gasteiger partial charge in [0.2, 0.25) is 11.8 Å². The minimum absolute atomic E-state index is 0.0534. The van der Waals surface area contributed by atoms with Crippen LogP contribution < -0.4 is 20.9 Å². The standard InChI is InChI=1S/C19H19ClN4O3/c1-12(25)21-14-4-6-15(7-5-14)22-19(27)23-16-10-18(26)24(11-16)17-8-2-13(20)3-9-17/h2-9,16H,10-11H2,1H3,(H,21,25)(H2,22,23,27). The summed E-state index contributed by atoms with van der Waals surface area (Å²) in [6, 6.07) is 13.1. The molecular weight excluding hydrogens is 368 g/mol. The Morgan fingerprint density at radius 2 is 1.59 bits per heavy atom. The molecule has 2 aromatic rings. The largest absolute Gasteiger partial charge is 0.333 e. The van der Waals surface area contributed by atoms with Crippen LogP contribution in [0.25, 0.3) is 0 Å². The number of anilines is 3. The van der Waals surface area contributed by atoms with Crippen LogP contribution in [-0.2, 0) is 9.59 Å². The van der Waals surface area contributed by atoms with Crippen molar-refractivity contribution in [3.63, 3.8) is 0 Å². The van der Waals surface area contributed by atoms with Crippen molar-refractivity contribution in [1.82, 2.24) is 5.32 Å². The average molecular weight is 387 g/mol. The van der Waals surface area contributed by atoms with Crippen molar-refractivity contribution in [3.05, 3.63) is 53.6 Å². The number of carbonyl (C=O) groups excluding carboxylic acids is 3. The van der Waals surface area contributed by atoms with Gasteiger partial charge >= 0.3 is 6.03 Å². The monoisotopic (exact) mass is 386 g/mol. The van der Waals surface area contributed by atoms with Crippen molar-refractivity contribution in [2.24, 2.45) is 0 Å². The van der Waals surface area contributed by atoms with Crippen molar-refractivity contribution in [2.45, 2.75) is 19.4 Å². The average Bonchev–Trinajstić information content (AvgIpc) is 2.97. The molecule has 0 aromatic heterocycles. The highest BCUT2D eigenvalue weighted by molar-refractivity contribution is 6.30. The predicted molar refractivity (Wildman–Crippen MR) is 105 cm³/mol. The molecule has 8 heteroatoms. The zero-order chi connectivity index (χ0) is 19.4. The molecule has 3 N–H and O–H groups in total. The second-order valence-electron chi connectivity index (χ2n) is 6.24. The minimum Gasteiger partial charge on any atom is -0.333 e. The van der Waals surface area contributed by atoms with Gasteiger partial charge in [0, 0.05) is 42.0 Å². The van der Waals surface area contributed by atoms with E-state index >= 15 is 0 Å². The fourth-order valence-corrected chi connectivity index (χ4v) is 2.99. The molecule has 1 aliphatic rings. The van der Waals surface area contributed by atoms with Crippen LogP contribution in [-0.4, -0.2) is 30.4 Å². The van der Waals surface area contributed by atoms with Crippen LogP contribution >= 0.6 is 11.6 Å². The lowest BCUT2D eigenvalue weighted by Gasteiger charge is -2.17. The molecule has 0 radical (unpaired) electrons. The van der Waals surface area contributed by atoms with Gasteiger partial charge in [-0.1, -0.05) is 11.6 Å². The first-order chi connectivity index (χ1) is 12.9. The van der Waals surface area contributed by atoms with Gasteiger partial charge in [0.1, 0.15) is 0 Å². The van der Waals surface area contributed by atoms with E-state index in [1.807, 2.05) is 0 Å². The number of nitrogens with one attached hydrogen (secondary N) is 3. The van der Waals surface area contributed by atoms with Crippen LogP contribution in [0, 0.1) is 0 Å². The van der Waals surface area contributed by atoms with Gasteiger partial charge < -0.3 is 20.9 Å². The van der Waals surface area contributed by atoms with E-state index in [0.717, 1.165) is 5.69 Å². The first-order valence-electron chi connectivity index (χ1n) is 8.42. The van der Waals surface area contributed by atoms with E-state index in [1.165, 1.54) is 6.92 Å². The van der Waals surface area contributed by atoms with Crippen LogP contribution in [0.15, 0.2) is 48.5 Å². The lowest BCUT2D eigenvalue weighted by molar-refractivity contribution is -0.117. The fourth-order valence-electron chi connectivity index (χ4n) is 2.87. The quantitative estimate of drug-likeness (QED) is 0.753. The molecule has 1 saturated heterocycles. The number of halogens is 1. The zero-order valence-corrected chi connectivity index (χ0v) is 15.4. The first-order valence-corrected chi connectivity index (χ1v) is 8.79. The summed E-state index contributed by atoms with van der Waals surface area (Å²) in [5.41, 5.74) is 1.98. The minimum atomic E-state index is -0.391. The molecule has 27 heavy (non-hydrogen) atoms. The number of amides is 4. The van der Waals surface area contributed by atoms with Crippen LogP contribution in [0.5, 0.6) is 0 Å². The van der Waals surface area contributed by atoms with E-state index in [4.69, 9.17) is 11.6 Å². The summed E-state index contributed by atoms with van der Waals surface area (Å²) in [5.74, 6) is -0.216. The number of nitrogens with zero attached hydrogens (tertiary/aromatic N) is 1. The Morgan fingerprint density at radius 1 is 1.00 bits per heavy atom. The third-order valence-electron chi connectivity index (χ3n) is 4.06. The molecular formula is C19H19ClN4O3. The Kier molecular flexibility index (Phi) is 5.61. The summed E-state index contributed by atoms with van der Waals surface area (Å²) >= 11 is 5.87. The second-order valence-corrected chi connectivity index (χ2v) is 6.68. The Morgan fingerprint density at radius 3 is 2.19 bits per heavy atom. The van der Waals surface area contributed by atoms with E-state index in [9.17, 15) is 14.4 Å². The topological polar surface area (TPSA) is 90.5 Å². The SMILES string of the molecule is CC(=O)Nc1ccc(NC(=O)NC2CC(=O)N(c3ccc(Cl)cc3)C2)cc1. The number of carbonyl (C=O) groups is 3. The third kappa shape index (κ3) is 4.98. The molecule has 2 aromatic carbocycles. The molecule has 1 fully saturated rings. The van der Waals surface area contributed by atoms with Crippen LogP contribution in [0.3, 0.4) is 0 Å². The smallest absolute Gasteiger partial charge is 0.319 e. The van der Waals surface area contributed by atoms with Crippen LogP contribution in [0.2, 0.25) is 5.02 Å². The van der Waals surface area contributed by atoms with E-state index in [0.29, 0.717) is 22.9 Å². The lowest BCUT2D eigenvalue weighted by Crippen LogP contribution is -2.39. The van der Waals surface area contributed by atoms with Gasteiger partial charge in [-0.2, -0.15) is 0 Å². The van der Waals surface area contributed by atoms with Gasteiger partial charge in [-0.25, -0.2) is 4.79 Å². The molecule has 0 bridgehead atoms. The summed E-state index contributed by atoms with van der Waals surface area (Å²) in [6.07, 6.45) is 0.234. The van der Waals surface area contributed by atoms with Crippen molar-refractivity contribution >= 4 is 46.5 Å². The molecule has 0 saturated carbocycles. The van der Waals surface area contributed by atoms with Gasteiger partial charge in [-0.05, 0) is 48.5 Å². The highest BCUT2D eigenvalue weighted by Crippen LogP contribution is 2.23. The molecule has 1 aliphatic heterocycles. The molecule has 4 amide bonds. The van der Waals surface area contributed by atoms with Crippen molar-refractivity contribution < 1.29 is 14.4 Å². The maximum atomic E-state index is 12.2. The summed E-state index contributed by atoms with van der Waals surface area (Å²) in [5, 5.41) is 8.78. The molecule has 1 heterocycles. The van der Waals surface area contributed by atoms with E-state index in [1.54, 1.807) is 53.4 Å². The third-order valence-corrected chi connectivity index (χ3v) is 4.31. The molecule has 1 unspecified atom stereocenters. The number of urea groups is 1. The Labute approximate surface area is 161 Å². The Hall–Kier alpha value is -3.06. The van der Waals surface area contributed by atoms with Gasteiger partial charge in [-0.15, -0.1) is 0 Å². The van der Waals surface area contributed by atoms with Gasteiger partial charge in [0.05, 0.1) is 6.04 Å². The molecule has 1 atom stereocenters. The van der Waals surface area contributed by atoms with Crippen molar-refractivity contribution in [2.75, 3.05) is 22.1 Å². The van der Waals surface area contributed by atoms with Crippen molar-refractivity contribution in [3.8, 4) is 0 Å². The van der Waals surface area contributed by atoms with E-state index in [-0.39, 0.29) is 24.3 Å². The van der Waals surface area contributed by atoms with E-state index in [2.05, 4.69) is 16.0 Å². The van der Waals surface area contributed by atoms with Gasteiger partial charge in [0.25, 0.3) is 0 Å². The molecule has 140 valence electrons. The van der Waals surface area contributed by atoms with Crippen LogP contribution in [0.4, 0.5) is 21.9 Å². The number of hydrogen-bond donors (Lipinski definition) is 3. The maximum absolute atomic E-state index is 12.2. The predicted octanol–water partition coefficient (Wildman–Crippen LogP) is 3.23. The molecule has 0 spiro atoms. The lowest BCUT2D eigenvalue weighted by atomic mass is 10.2. The molecule has 0 aliphatic carbocycles. The summed E-state index contributed by atoms with van der Waals surface area (Å²) in [6.45, 7) is 1.82. The van der Waals surface area contributed by atoms with Gasteiger partial charge in [0.15, 0.2) is 0 Å². The summed E-state index contributed by atoms with van der Waals surface area (Å²) < 4.78 is 0. The zero-order valence-electron chi connectivity index (χ0n) is 14.7.